The van der Waals surface area contributed by atoms with E-state index in [-0.39, 0.29) is 4.93 Å². The smallest absolute Gasteiger partial charge is 0.118 e. The van der Waals surface area contributed by atoms with Gasteiger partial charge in [-0.25, -0.2) is 0 Å². The average molecular weight is 208 g/mol. The van der Waals surface area contributed by atoms with Crippen LogP contribution in [0.5, 0.6) is 0 Å². The van der Waals surface area contributed by atoms with Crippen LogP contribution in [0.15, 0.2) is 0 Å². The highest BCUT2D eigenvalue weighted by Crippen LogP contribution is 2.39. The first-order chi connectivity index (χ1) is 5.33. The van der Waals surface area contributed by atoms with E-state index in [1.807, 2.05) is 21.6 Å². The van der Waals surface area contributed by atoms with E-state index in [1.54, 1.807) is 0 Å². The van der Waals surface area contributed by atoms with E-state index < -0.39 is 0 Å². The second kappa shape index (κ2) is 5.40. The summed E-state index contributed by atoms with van der Waals surface area (Å²) in [6.07, 6.45) is 0.306. The molecule has 0 aromatic heterocycles. The molecule has 0 atom stereocenters. The first-order valence-corrected chi connectivity index (χ1v) is 6.57. The number of rotatable bonds is 5. The number of ether oxygens (including phenoxy) is 1. The summed E-state index contributed by atoms with van der Waals surface area (Å²) in [6.45, 7) is 12.8. The first kappa shape index (κ1) is 12.7. The van der Waals surface area contributed by atoms with E-state index in [9.17, 15) is 0 Å². The Kier molecular flexibility index (Phi) is 5.70. The summed E-state index contributed by atoms with van der Waals surface area (Å²) in [5, 5.41) is 0.657. The van der Waals surface area contributed by atoms with Crippen LogP contribution in [-0.2, 0) is 4.74 Å². The van der Waals surface area contributed by atoms with E-state index in [2.05, 4.69) is 41.5 Å². The van der Waals surface area contributed by atoms with Gasteiger partial charge in [0.2, 0.25) is 0 Å². The molecule has 0 aliphatic heterocycles. The fourth-order valence-corrected chi connectivity index (χ4v) is 2.85. The van der Waals surface area contributed by atoms with Crippen molar-refractivity contribution in [3.63, 3.8) is 0 Å². The van der Waals surface area contributed by atoms with Gasteiger partial charge in [-0.1, -0.05) is 35.4 Å². The lowest BCUT2D eigenvalue weighted by atomic mass is 10.4. The van der Waals surface area contributed by atoms with Crippen LogP contribution in [0.25, 0.3) is 0 Å². The molecule has 12 heavy (non-hydrogen) atoms. The van der Waals surface area contributed by atoms with Gasteiger partial charge in [0.15, 0.2) is 0 Å². The molecule has 0 saturated heterocycles. The number of hydrogen-bond donors (Lipinski definition) is 0. The zero-order valence-electron chi connectivity index (χ0n) is 8.88. The van der Waals surface area contributed by atoms with Gasteiger partial charge in [-0.15, -0.1) is 0 Å². The molecule has 0 aromatic rings. The minimum atomic E-state index is -0.0664. The lowest BCUT2D eigenvalue weighted by Gasteiger charge is -2.26. The van der Waals surface area contributed by atoms with Crippen molar-refractivity contribution in [2.24, 2.45) is 0 Å². The Hall–Kier alpha value is 0.660. The third kappa shape index (κ3) is 7.32. The summed E-state index contributed by atoms with van der Waals surface area (Å²) in [5.74, 6) is 0. The highest BCUT2D eigenvalue weighted by Gasteiger charge is 2.21. The Morgan fingerprint density at radius 2 is 1.58 bits per heavy atom. The van der Waals surface area contributed by atoms with Crippen molar-refractivity contribution in [2.45, 2.75) is 57.8 Å². The van der Waals surface area contributed by atoms with Crippen molar-refractivity contribution in [3.8, 4) is 0 Å². The van der Waals surface area contributed by atoms with E-state index in [4.69, 9.17) is 4.74 Å². The van der Waals surface area contributed by atoms with Crippen molar-refractivity contribution in [2.75, 3.05) is 0 Å². The largest absolute Gasteiger partial charge is 0.361 e. The van der Waals surface area contributed by atoms with Gasteiger partial charge in [0, 0.05) is 5.25 Å². The normalized spacial score (nSPS) is 13.0. The fraction of sp³-hybridized carbons (Fsp3) is 1.00. The molecule has 0 amide bonds. The maximum absolute atomic E-state index is 5.73. The summed E-state index contributed by atoms with van der Waals surface area (Å²) >= 11 is 0. The molecule has 0 unspecified atom stereocenters. The van der Waals surface area contributed by atoms with Gasteiger partial charge in [-0.3, -0.25) is 0 Å². The van der Waals surface area contributed by atoms with E-state index >= 15 is 0 Å². The molecule has 0 fully saturated rings. The fourth-order valence-electron chi connectivity index (χ4n) is 0.799. The van der Waals surface area contributed by atoms with Crippen LogP contribution in [-0.4, -0.2) is 16.3 Å². The molecule has 0 radical (unpaired) electrons. The molecule has 0 rings (SSSR count). The van der Waals surface area contributed by atoms with Crippen LogP contribution in [0.4, 0.5) is 0 Å². The van der Waals surface area contributed by atoms with Crippen LogP contribution < -0.4 is 0 Å². The molecule has 0 aliphatic carbocycles. The second-order valence-electron chi connectivity index (χ2n) is 3.79. The van der Waals surface area contributed by atoms with Crippen LogP contribution in [0.1, 0.15) is 41.5 Å². The zero-order chi connectivity index (χ0) is 9.78. The van der Waals surface area contributed by atoms with Crippen LogP contribution in [0.3, 0.4) is 0 Å². The Labute approximate surface area is 84.4 Å². The van der Waals surface area contributed by atoms with E-state index in [1.165, 1.54) is 0 Å². The maximum atomic E-state index is 5.73. The van der Waals surface area contributed by atoms with Crippen LogP contribution >= 0.6 is 21.6 Å². The minimum Gasteiger partial charge on any atom is -0.361 e. The van der Waals surface area contributed by atoms with Gasteiger partial charge < -0.3 is 4.74 Å². The summed E-state index contributed by atoms with van der Waals surface area (Å²) in [7, 11) is 3.68. The lowest BCUT2D eigenvalue weighted by molar-refractivity contribution is 0.00748. The molecule has 1 nitrogen and oxygen atoms in total. The molecule has 0 aliphatic rings. The quantitative estimate of drug-likeness (QED) is 0.500. The molecule has 0 aromatic carbocycles. The molecule has 0 bridgehead atoms. The second-order valence-corrected chi connectivity index (χ2v) is 7.16. The maximum Gasteiger partial charge on any atom is 0.118 e. The molecule has 3 heteroatoms. The van der Waals surface area contributed by atoms with Crippen molar-refractivity contribution in [1.29, 1.82) is 0 Å². The molecular weight excluding hydrogens is 188 g/mol. The lowest BCUT2D eigenvalue weighted by Crippen LogP contribution is -2.23. The Bertz CT molecular complexity index is 122. The summed E-state index contributed by atoms with van der Waals surface area (Å²) in [5.41, 5.74) is 0. The highest BCUT2D eigenvalue weighted by molar-refractivity contribution is 8.77. The minimum absolute atomic E-state index is 0.0664. The predicted molar refractivity (Wildman–Crippen MR) is 60.6 cm³/mol. The Balaban J connectivity index is 3.71. The van der Waals surface area contributed by atoms with Gasteiger partial charge in [0.25, 0.3) is 0 Å². The summed E-state index contributed by atoms with van der Waals surface area (Å²) in [6, 6.07) is 0. The Morgan fingerprint density at radius 3 is 1.92 bits per heavy atom. The van der Waals surface area contributed by atoms with Gasteiger partial charge in [0.1, 0.15) is 4.93 Å². The molecule has 74 valence electrons. The predicted octanol–water partition coefficient (Wildman–Crippen LogP) is 3.94. The van der Waals surface area contributed by atoms with E-state index in [0.717, 1.165) is 0 Å². The van der Waals surface area contributed by atoms with Crippen LogP contribution in [0.2, 0.25) is 0 Å². The van der Waals surface area contributed by atoms with Crippen molar-refractivity contribution in [1.82, 2.24) is 0 Å². The first-order valence-electron chi connectivity index (χ1n) is 4.36. The van der Waals surface area contributed by atoms with Gasteiger partial charge in [-0.05, 0) is 27.7 Å². The highest BCUT2D eigenvalue weighted by atomic mass is 33.1. The zero-order valence-corrected chi connectivity index (χ0v) is 10.5. The third-order valence-corrected chi connectivity index (χ3v) is 4.59. The van der Waals surface area contributed by atoms with Gasteiger partial charge >= 0.3 is 0 Å². The standard InChI is InChI=1S/C9H20OS2/c1-7(2)10-9(5,6)12-11-8(3)4/h7-8H,1-6H3. The molecule has 0 saturated carbocycles. The molecule has 0 heterocycles. The van der Waals surface area contributed by atoms with Crippen molar-refractivity contribution >= 4 is 21.6 Å². The summed E-state index contributed by atoms with van der Waals surface area (Å²) in [4.78, 5) is -0.0664. The van der Waals surface area contributed by atoms with Crippen molar-refractivity contribution < 1.29 is 4.74 Å². The molecule has 0 N–H and O–H groups in total. The molecule has 0 spiro atoms. The average Bonchev–Trinajstić information content (AvgIpc) is 1.81. The Morgan fingerprint density at radius 1 is 1.08 bits per heavy atom. The van der Waals surface area contributed by atoms with Gasteiger partial charge in [-0.2, -0.15) is 0 Å². The summed E-state index contributed by atoms with van der Waals surface area (Å²) < 4.78 is 5.73. The molecular formula is C9H20OS2. The monoisotopic (exact) mass is 208 g/mol. The topological polar surface area (TPSA) is 9.23 Å². The van der Waals surface area contributed by atoms with Crippen molar-refractivity contribution in [3.05, 3.63) is 0 Å². The van der Waals surface area contributed by atoms with E-state index in [0.29, 0.717) is 11.4 Å². The van der Waals surface area contributed by atoms with Gasteiger partial charge in [0.05, 0.1) is 6.10 Å². The third-order valence-electron chi connectivity index (χ3n) is 0.961. The number of hydrogen-bond acceptors (Lipinski definition) is 3. The SMILES string of the molecule is CC(C)OC(C)(C)SSC(C)C. The van der Waals surface area contributed by atoms with Crippen LogP contribution in [0, 0.1) is 0 Å².